The van der Waals surface area contributed by atoms with Crippen molar-refractivity contribution in [2.75, 3.05) is 6.54 Å². The lowest BCUT2D eigenvalue weighted by atomic mass is 10.0. The van der Waals surface area contributed by atoms with E-state index in [1.807, 2.05) is 6.92 Å². The van der Waals surface area contributed by atoms with Gasteiger partial charge in [0.25, 0.3) is 5.91 Å². The number of amides is 3. The van der Waals surface area contributed by atoms with Gasteiger partial charge in [-0.05, 0) is 37.5 Å². The van der Waals surface area contributed by atoms with Gasteiger partial charge in [0.1, 0.15) is 17.9 Å². The Morgan fingerprint density at radius 1 is 1.40 bits per heavy atom. The Kier molecular flexibility index (Phi) is 4.74. The van der Waals surface area contributed by atoms with E-state index < -0.39 is 23.8 Å². The van der Waals surface area contributed by atoms with E-state index in [4.69, 9.17) is 0 Å². The molecule has 0 spiro atoms. The first kappa shape index (κ1) is 17.4. The molecule has 0 radical (unpaired) electrons. The summed E-state index contributed by atoms with van der Waals surface area (Å²) in [6.07, 6.45) is 1.78. The number of carbonyl (C=O) groups is 3. The van der Waals surface area contributed by atoms with Crippen molar-refractivity contribution in [3.63, 3.8) is 0 Å². The van der Waals surface area contributed by atoms with Crippen LogP contribution in [-0.4, -0.2) is 47.3 Å². The van der Waals surface area contributed by atoms with Gasteiger partial charge in [0, 0.05) is 18.2 Å². The van der Waals surface area contributed by atoms with Gasteiger partial charge >= 0.3 is 0 Å². The lowest BCUT2D eigenvalue weighted by molar-refractivity contribution is -0.147. The number of carbonyl (C=O) groups excluding carboxylic acids is 3. The summed E-state index contributed by atoms with van der Waals surface area (Å²) in [6, 6.07) is 2.97. The molecule has 2 aliphatic rings. The van der Waals surface area contributed by atoms with Crippen LogP contribution in [0.5, 0.6) is 0 Å². The minimum absolute atomic E-state index is 0.0930. The first-order chi connectivity index (χ1) is 11.9. The van der Waals surface area contributed by atoms with Crippen LogP contribution in [0.15, 0.2) is 18.2 Å². The third-order valence-corrected chi connectivity index (χ3v) is 4.85. The Morgan fingerprint density at radius 2 is 2.16 bits per heavy atom. The van der Waals surface area contributed by atoms with E-state index in [0.717, 1.165) is 6.42 Å². The van der Waals surface area contributed by atoms with Crippen LogP contribution in [-0.2, 0) is 9.59 Å². The van der Waals surface area contributed by atoms with Crippen LogP contribution in [0.3, 0.4) is 0 Å². The molecule has 0 aliphatic carbocycles. The van der Waals surface area contributed by atoms with Crippen LogP contribution in [0.1, 0.15) is 42.1 Å². The van der Waals surface area contributed by atoms with Crippen LogP contribution in [0.25, 0.3) is 0 Å². The smallest absolute Gasteiger partial charge is 0.251 e. The molecule has 1 aromatic rings. The largest absolute Gasteiger partial charge is 0.347 e. The van der Waals surface area contributed by atoms with Crippen molar-refractivity contribution in [2.24, 2.45) is 0 Å². The topological polar surface area (TPSA) is 78.5 Å². The van der Waals surface area contributed by atoms with Gasteiger partial charge in [-0.3, -0.25) is 14.4 Å². The Labute approximate surface area is 145 Å². The molecule has 0 aromatic heterocycles. The van der Waals surface area contributed by atoms with Crippen molar-refractivity contribution in [3.8, 4) is 0 Å². The second-order valence-corrected chi connectivity index (χ2v) is 6.73. The van der Waals surface area contributed by atoms with E-state index >= 15 is 0 Å². The molecule has 3 rings (SSSR count). The van der Waals surface area contributed by atoms with E-state index in [1.54, 1.807) is 24.0 Å². The van der Waals surface area contributed by atoms with Gasteiger partial charge in [-0.25, -0.2) is 4.39 Å². The number of benzene rings is 1. The average Bonchev–Trinajstić information content (AvgIpc) is 2.99. The normalized spacial score (nSPS) is 25.6. The average molecular weight is 347 g/mol. The molecule has 3 amide bonds. The molecule has 6 nitrogen and oxygen atoms in total. The van der Waals surface area contributed by atoms with Gasteiger partial charge < -0.3 is 15.5 Å². The lowest BCUT2D eigenvalue weighted by Crippen LogP contribution is -2.61. The van der Waals surface area contributed by atoms with Crippen LogP contribution in [0, 0.1) is 12.7 Å². The molecule has 25 heavy (non-hydrogen) atoms. The van der Waals surface area contributed by atoms with E-state index in [0.29, 0.717) is 24.9 Å². The lowest BCUT2D eigenvalue weighted by Gasteiger charge is -2.34. The zero-order chi connectivity index (χ0) is 18.1. The highest BCUT2D eigenvalue weighted by Crippen LogP contribution is 2.24. The fraction of sp³-hybridized carbons (Fsp3) is 0.500. The Balaban J connectivity index is 1.68. The number of fused-ring (bicyclic) bond motifs is 1. The van der Waals surface area contributed by atoms with E-state index in [2.05, 4.69) is 10.6 Å². The van der Waals surface area contributed by atoms with E-state index in [-0.39, 0.29) is 23.4 Å². The molecular weight excluding hydrogens is 325 g/mol. The van der Waals surface area contributed by atoms with Crippen LogP contribution in [0.2, 0.25) is 0 Å². The molecule has 3 atom stereocenters. The van der Waals surface area contributed by atoms with Crippen LogP contribution in [0.4, 0.5) is 4.39 Å². The van der Waals surface area contributed by atoms with Crippen molar-refractivity contribution in [3.05, 3.63) is 35.1 Å². The summed E-state index contributed by atoms with van der Waals surface area (Å²) in [7, 11) is 0. The summed E-state index contributed by atoms with van der Waals surface area (Å²) in [4.78, 5) is 38.6. The molecule has 134 valence electrons. The van der Waals surface area contributed by atoms with Crippen LogP contribution >= 0.6 is 0 Å². The third kappa shape index (κ3) is 3.36. The summed E-state index contributed by atoms with van der Waals surface area (Å²) in [5.41, 5.74) is 0.700. The Bertz CT molecular complexity index is 722. The number of nitrogens with zero attached hydrogens (tertiary/aromatic N) is 1. The molecular formula is C18H22FN3O3. The van der Waals surface area contributed by atoms with E-state index in [9.17, 15) is 18.8 Å². The summed E-state index contributed by atoms with van der Waals surface area (Å²) in [5, 5.41) is 5.57. The monoisotopic (exact) mass is 347 g/mol. The molecule has 2 N–H and O–H groups in total. The van der Waals surface area contributed by atoms with Crippen molar-refractivity contribution >= 4 is 17.7 Å². The molecule has 2 fully saturated rings. The zero-order valence-corrected chi connectivity index (χ0v) is 14.3. The van der Waals surface area contributed by atoms with Crippen molar-refractivity contribution in [1.29, 1.82) is 0 Å². The molecule has 2 saturated heterocycles. The maximum Gasteiger partial charge on any atom is 0.251 e. The number of hydrogen-bond acceptors (Lipinski definition) is 3. The fourth-order valence-electron chi connectivity index (χ4n) is 3.45. The van der Waals surface area contributed by atoms with Crippen molar-refractivity contribution in [1.82, 2.24) is 15.5 Å². The van der Waals surface area contributed by atoms with Gasteiger partial charge in [-0.2, -0.15) is 0 Å². The summed E-state index contributed by atoms with van der Waals surface area (Å²) < 4.78 is 13.6. The third-order valence-electron chi connectivity index (χ3n) is 4.85. The predicted molar refractivity (Wildman–Crippen MR) is 89.3 cm³/mol. The molecule has 2 aliphatic heterocycles. The van der Waals surface area contributed by atoms with Gasteiger partial charge in [-0.1, -0.05) is 19.4 Å². The van der Waals surface area contributed by atoms with Gasteiger partial charge in [-0.15, -0.1) is 0 Å². The minimum Gasteiger partial charge on any atom is -0.347 e. The van der Waals surface area contributed by atoms with Gasteiger partial charge in [0.05, 0.1) is 0 Å². The fourth-order valence-corrected chi connectivity index (χ4v) is 3.45. The van der Waals surface area contributed by atoms with Gasteiger partial charge in [0.15, 0.2) is 0 Å². The SMILES string of the molecule is CCC[C@@H]1NC(=O)[C@@H]2C[C@H](NC(=O)c3ccc(C)c(F)c3)CN2C1=O. The van der Waals surface area contributed by atoms with Crippen LogP contribution < -0.4 is 10.6 Å². The van der Waals surface area contributed by atoms with Gasteiger partial charge in [0.2, 0.25) is 11.8 Å². The van der Waals surface area contributed by atoms with Crippen molar-refractivity contribution < 1.29 is 18.8 Å². The Hall–Kier alpha value is -2.44. The molecule has 2 heterocycles. The zero-order valence-electron chi connectivity index (χ0n) is 14.3. The number of rotatable bonds is 4. The molecule has 7 heteroatoms. The summed E-state index contributed by atoms with van der Waals surface area (Å²) >= 11 is 0. The summed E-state index contributed by atoms with van der Waals surface area (Å²) in [6.45, 7) is 3.89. The second-order valence-electron chi connectivity index (χ2n) is 6.73. The van der Waals surface area contributed by atoms with E-state index in [1.165, 1.54) is 6.07 Å². The standard InChI is InChI=1S/C18H22FN3O3/c1-3-4-14-18(25)22-9-12(8-15(22)17(24)21-14)20-16(23)11-6-5-10(2)13(19)7-11/h5-7,12,14-15H,3-4,8-9H2,1-2H3,(H,20,23)(H,21,24)/t12-,14-,15-/m0/s1. The minimum atomic E-state index is -0.541. The molecule has 0 saturated carbocycles. The highest BCUT2D eigenvalue weighted by atomic mass is 19.1. The molecule has 0 unspecified atom stereocenters. The number of halogens is 1. The quantitative estimate of drug-likeness (QED) is 0.857. The Morgan fingerprint density at radius 3 is 2.84 bits per heavy atom. The predicted octanol–water partition coefficient (Wildman–Crippen LogP) is 1.13. The van der Waals surface area contributed by atoms with Crippen molar-refractivity contribution in [2.45, 2.75) is 51.2 Å². The number of aryl methyl sites for hydroxylation is 1. The first-order valence-electron chi connectivity index (χ1n) is 8.58. The molecule has 1 aromatic carbocycles. The first-order valence-corrected chi connectivity index (χ1v) is 8.58. The molecule has 0 bridgehead atoms. The summed E-state index contributed by atoms with van der Waals surface area (Å²) in [5.74, 6) is -1.10. The highest BCUT2D eigenvalue weighted by molar-refractivity contribution is 5.98. The second kappa shape index (κ2) is 6.82. The highest BCUT2D eigenvalue weighted by Gasteiger charge is 2.46. The number of hydrogen-bond donors (Lipinski definition) is 2. The number of nitrogens with one attached hydrogen (secondary N) is 2. The number of piperazine rings is 1. The maximum absolute atomic E-state index is 13.6. The maximum atomic E-state index is 13.6.